The van der Waals surface area contributed by atoms with Gasteiger partial charge in [0.05, 0.1) is 16.7 Å². The van der Waals surface area contributed by atoms with Gasteiger partial charge in [-0.25, -0.2) is 24.9 Å². The van der Waals surface area contributed by atoms with Crippen LogP contribution >= 0.6 is 0 Å². The highest BCUT2D eigenvalue weighted by Crippen LogP contribution is 2.42. The summed E-state index contributed by atoms with van der Waals surface area (Å²) in [5, 5.41) is 2.30. The molecule has 2 aromatic heterocycles. The first-order valence-electron chi connectivity index (χ1n) is 22.7. The third-order valence-electron chi connectivity index (χ3n) is 12.2. The molecule has 2 heterocycles. The Balaban J connectivity index is 1.08. The topological polar surface area (TPSA) is 68.3 Å². The van der Waals surface area contributed by atoms with E-state index in [1.807, 2.05) is 116 Å². The fourth-order valence-electron chi connectivity index (χ4n) is 8.81. The SMILES string of the molecule is C=C(N=C(N=C(C)c1ccccc1)c1ccccc1)c1cccc(-c2cc(-c3cccc(-c4nc(-c5ccccc5)nc(-c5ccccc5)n4)c3)c3c(c2)c2ccccc2n3-c2ccccc2)c1. The number of hydrogen-bond donors (Lipinski definition) is 0. The lowest BCUT2D eigenvalue weighted by Crippen LogP contribution is -2.04. The molecule has 6 heteroatoms. The van der Waals surface area contributed by atoms with Crippen molar-refractivity contribution in [1.82, 2.24) is 19.5 Å². The normalized spacial score (nSPS) is 11.8. The summed E-state index contributed by atoms with van der Waals surface area (Å²) in [6.45, 7) is 6.53. The van der Waals surface area contributed by atoms with Gasteiger partial charge in [-0.2, -0.15) is 0 Å². The Kier molecular flexibility index (Phi) is 11.2. The first-order valence-corrected chi connectivity index (χ1v) is 22.7. The number of nitrogens with zero attached hydrogens (tertiary/aromatic N) is 6. The second-order valence-corrected chi connectivity index (χ2v) is 16.6. The Labute approximate surface area is 395 Å². The van der Waals surface area contributed by atoms with E-state index in [0.29, 0.717) is 29.0 Å². The summed E-state index contributed by atoms with van der Waals surface area (Å²) in [7, 11) is 0. The largest absolute Gasteiger partial charge is 0.309 e. The molecular weight excluding hydrogens is 829 g/mol. The molecule has 322 valence electrons. The minimum absolute atomic E-state index is 0.598. The second-order valence-electron chi connectivity index (χ2n) is 16.6. The fourth-order valence-corrected chi connectivity index (χ4v) is 8.81. The van der Waals surface area contributed by atoms with E-state index < -0.39 is 0 Å². The summed E-state index contributed by atoms with van der Waals surface area (Å²) in [4.78, 5) is 25.3. The van der Waals surface area contributed by atoms with E-state index >= 15 is 0 Å². The fraction of sp³-hybridized carbons (Fsp3) is 0.0161. The molecule has 0 saturated heterocycles. The van der Waals surface area contributed by atoms with Gasteiger partial charge in [-0.15, -0.1) is 0 Å². The van der Waals surface area contributed by atoms with Gasteiger partial charge in [0.25, 0.3) is 0 Å². The van der Waals surface area contributed by atoms with Crippen LogP contribution in [0.4, 0.5) is 0 Å². The first kappa shape index (κ1) is 41.6. The smallest absolute Gasteiger partial charge is 0.164 e. The maximum absolute atomic E-state index is 5.11. The number of amidine groups is 1. The highest BCUT2D eigenvalue weighted by atomic mass is 15.0. The molecular formula is C62H44N6. The highest BCUT2D eigenvalue weighted by molar-refractivity contribution is 6.16. The molecule has 0 aliphatic rings. The zero-order chi connectivity index (χ0) is 45.8. The van der Waals surface area contributed by atoms with Gasteiger partial charge in [0, 0.05) is 55.6 Å². The molecule has 0 unspecified atom stereocenters. The molecule has 0 fully saturated rings. The third kappa shape index (κ3) is 8.34. The summed E-state index contributed by atoms with van der Waals surface area (Å²) < 4.78 is 2.39. The number of para-hydroxylation sites is 2. The predicted molar refractivity (Wildman–Crippen MR) is 282 cm³/mol. The van der Waals surface area contributed by atoms with Crippen LogP contribution in [0, 0.1) is 0 Å². The summed E-state index contributed by atoms with van der Waals surface area (Å²) in [5.41, 5.74) is 14.6. The molecule has 11 rings (SSSR count). The van der Waals surface area contributed by atoms with E-state index in [1.54, 1.807) is 0 Å². The van der Waals surface area contributed by atoms with Crippen LogP contribution in [0.2, 0.25) is 0 Å². The molecule has 0 amide bonds. The molecule has 0 bridgehead atoms. The van der Waals surface area contributed by atoms with E-state index in [1.165, 1.54) is 0 Å². The molecule has 0 atom stereocenters. The number of aromatic nitrogens is 4. The molecule has 6 nitrogen and oxygen atoms in total. The van der Waals surface area contributed by atoms with E-state index in [4.69, 9.17) is 24.9 Å². The molecule has 68 heavy (non-hydrogen) atoms. The van der Waals surface area contributed by atoms with Crippen molar-refractivity contribution < 1.29 is 0 Å². The molecule has 0 radical (unpaired) electrons. The van der Waals surface area contributed by atoms with Crippen molar-refractivity contribution in [2.24, 2.45) is 9.98 Å². The quantitative estimate of drug-likeness (QED) is 0.102. The maximum Gasteiger partial charge on any atom is 0.164 e. The number of rotatable bonds is 10. The van der Waals surface area contributed by atoms with E-state index in [0.717, 1.165) is 88.8 Å². The van der Waals surface area contributed by atoms with Gasteiger partial charge in [0.2, 0.25) is 0 Å². The van der Waals surface area contributed by atoms with Crippen molar-refractivity contribution >= 4 is 39.1 Å². The molecule has 0 N–H and O–H groups in total. The van der Waals surface area contributed by atoms with Gasteiger partial charge in [-0.3, -0.25) is 0 Å². The highest BCUT2D eigenvalue weighted by Gasteiger charge is 2.20. The lowest BCUT2D eigenvalue weighted by molar-refractivity contribution is 1.07. The van der Waals surface area contributed by atoms with Crippen molar-refractivity contribution in [3.8, 4) is 62.1 Å². The summed E-state index contributed by atoms with van der Waals surface area (Å²) in [6.07, 6.45) is 0. The Morgan fingerprint density at radius 2 is 0.897 bits per heavy atom. The lowest BCUT2D eigenvalue weighted by atomic mass is 9.93. The van der Waals surface area contributed by atoms with Gasteiger partial charge in [0.1, 0.15) is 0 Å². The van der Waals surface area contributed by atoms with Crippen molar-refractivity contribution in [2.45, 2.75) is 6.92 Å². The van der Waals surface area contributed by atoms with Crippen molar-refractivity contribution in [2.75, 3.05) is 0 Å². The minimum atomic E-state index is 0.598. The third-order valence-corrected chi connectivity index (χ3v) is 12.2. The van der Waals surface area contributed by atoms with Crippen LogP contribution in [0.3, 0.4) is 0 Å². The molecule has 9 aromatic carbocycles. The lowest BCUT2D eigenvalue weighted by Gasteiger charge is -2.15. The monoisotopic (exact) mass is 872 g/mol. The molecule has 0 aliphatic heterocycles. The Bertz CT molecular complexity index is 3620. The number of fused-ring (bicyclic) bond motifs is 3. The van der Waals surface area contributed by atoms with E-state index in [2.05, 4.69) is 139 Å². The zero-order valence-electron chi connectivity index (χ0n) is 37.4. The van der Waals surface area contributed by atoms with Gasteiger partial charge in [-0.1, -0.05) is 201 Å². The van der Waals surface area contributed by atoms with Gasteiger partial charge in [0.15, 0.2) is 23.3 Å². The number of hydrogen-bond acceptors (Lipinski definition) is 4. The molecule has 0 saturated carbocycles. The maximum atomic E-state index is 5.11. The van der Waals surface area contributed by atoms with Gasteiger partial charge in [-0.05, 0) is 71.6 Å². The minimum Gasteiger partial charge on any atom is -0.309 e. The van der Waals surface area contributed by atoms with Crippen LogP contribution in [0.1, 0.15) is 23.6 Å². The second kappa shape index (κ2) is 18.4. The van der Waals surface area contributed by atoms with Crippen LogP contribution in [0.25, 0.3) is 89.6 Å². The van der Waals surface area contributed by atoms with Gasteiger partial charge < -0.3 is 4.57 Å². The van der Waals surface area contributed by atoms with E-state index in [-0.39, 0.29) is 0 Å². The molecule has 11 aromatic rings. The Morgan fingerprint density at radius 3 is 1.56 bits per heavy atom. The van der Waals surface area contributed by atoms with Gasteiger partial charge >= 0.3 is 0 Å². The van der Waals surface area contributed by atoms with E-state index in [9.17, 15) is 0 Å². The number of aliphatic imine (C=N–C) groups is 2. The average molecular weight is 873 g/mol. The summed E-state index contributed by atoms with van der Waals surface area (Å²) in [5.74, 6) is 2.44. The predicted octanol–water partition coefficient (Wildman–Crippen LogP) is 15.2. The molecule has 0 spiro atoms. The van der Waals surface area contributed by atoms with Crippen LogP contribution in [-0.2, 0) is 0 Å². The summed E-state index contributed by atoms with van der Waals surface area (Å²) >= 11 is 0. The van der Waals surface area contributed by atoms with Crippen LogP contribution in [-0.4, -0.2) is 31.1 Å². The van der Waals surface area contributed by atoms with Crippen molar-refractivity contribution in [1.29, 1.82) is 0 Å². The zero-order valence-corrected chi connectivity index (χ0v) is 37.4. The average Bonchev–Trinajstić information content (AvgIpc) is 3.76. The van der Waals surface area contributed by atoms with Crippen LogP contribution in [0.15, 0.2) is 253 Å². The summed E-state index contributed by atoms with van der Waals surface area (Å²) in [6, 6.07) is 81.4. The standard InChI is InChI=1S/C62H44N6/c1-42(44-22-8-3-9-23-44)63-59(45-24-10-4-11-25-45)64-43(2)48-30-20-31-49(38-48)52-40-55(58-56(41-52)54-36-18-19-37-57(54)68(58)53-34-16-7-17-35-53)50-32-21-33-51(39-50)62-66-60(46-26-12-5-13-27-46)65-61(67-62)47-28-14-6-15-29-47/h3-41H,2H2,1H3. The van der Waals surface area contributed by atoms with Crippen molar-refractivity contribution in [3.05, 3.63) is 260 Å². The van der Waals surface area contributed by atoms with Crippen LogP contribution < -0.4 is 0 Å². The van der Waals surface area contributed by atoms with Crippen molar-refractivity contribution in [3.63, 3.8) is 0 Å². The Hall–Kier alpha value is -9.13. The Morgan fingerprint density at radius 1 is 0.397 bits per heavy atom. The van der Waals surface area contributed by atoms with Crippen LogP contribution in [0.5, 0.6) is 0 Å². The molecule has 0 aliphatic carbocycles. The number of benzene rings is 9. The first-order chi connectivity index (χ1) is 33.5.